The zero-order chi connectivity index (χ0) is 24.0. The second kappa shape index (κ2) is 10.4. The van der Waals surface area contributed by atoms with Gasteiger partial charge in [-0.2, -0.15) is 0 Å². The molecule has 2 aromatic carbocycles. The highest BCUT2D eigenvalue weighted by Crippen LogP contribution is 2.29. The summed E-state index contributed by atoms with van der Waals surface area (Å²) in [5.74, 6) is -0.331. The lowest BCUT2D eigenvalue weighted by atomic mass is 9.90. The van der Waals surface area contributed by atoms with Crippen molar-refractivity contribution in [2.45, 2.75) is 18.9 Å². The van der Waals surface area contributed by atoms with E-state index in [1.54, 1.807) is 59.2 Å². The second-order valence-electron chi connectivity index (χ2n) is 7.75. The Morgan fingerprint density at radius 3 is 2.15 bits per heavy atom. The van der Waals surface area contributed by atoms with Crippen molar-refractivity contribution in [3.05, 3.63) is 54.1 Å². The quantitative estimate of drug-likeness (QED) is 0.587. The van der Waals surface area contributed by atoms with Crippen LogP contribution in [0.3, 0.4) is 0 Å². The number of anilines is 1. The van der Waals surface area contributed by atoms with Crippen molar-refractivity contribution in [3.8, 4) is 11.5 Å². The minimum absolute atomic E-state index is 0.162. The van der Waals surface area contributed by atoms with Crippen LogP contribution >= 0.6 is 0 Å². The summed E-state index contributed by atoms with van der Waals surface area (Å²) in [5.41, 5.74) is 5.32. The van der Waals surface area contributed by atoms with Crippen LogP contribution in [0.4, 0.5) is 5.69 Å². The normalized spacial score (nSPS) is 15.9. The van der Waals surface area contributed by atoms with Crippen LogP contribution < -0.4 is 20.5 Å². The number of hydrogen-bond acceptors (Lipinski definition) is 6. The number of nitrogens with zero attached hydrogens (tertiary/aromatic N) is 2. The Kier molecular flexibility index (Phi) is 7.55. The van der Waals surface area contributed by atoms with Gasteiger partial charge in [-0.1, -0.05) is 25.1 Å². The fourth-order valence-corrected chi connectivity index (χ4v) is 4.17. The van der Waals surface area contributed by atoms with E-state index in [1.807, 2.05) is 6.07 Å². The monoisotopic (exact) mass is 454 g/mol. The highest BCUT2D eigenvalue weighted by atomic mass is 16.5. The summed E-state index contributed by atoms with van der Waals surface area (Å²) in [6.07, 6.45) is 0.213. The first-order valence-electron chi connectivity index (χ1n) is 10.8. The Balaban J connectivity index is 1.74. The largest absolute Gasteiger partial charge is 0.493 e. The number of carbonyl (C=O) groups is 3. The fraction of sp³-hybridized carbons (Fsp3) is 0.375. The van der Waals surface area contributed by atoms with E-state index in [2.05, 4.69) is 5.32 Å². The summed E-state index contributed by atoms with van der Waals surface area (Å²) in [6, 6.07) is 13.9. The molecule has 0 bridgehead atoms. The fourth-order valence-electron chi connectivity index (χ4n) is 4.17. The molecule has 0 radical (unpaired) electrons. The minimum atomic E-state index is -1.51. The average molecular weight is 455 g/mol. The van der Waals surface area contributed by atoms with Gasteiger partial charge in [-0.3, -0.25) is 19.3 Å². The van der Waals surface area contributed by atoms with Gasteiger partial charge in [0.05, 0.1) is 14.2 Å². The van der Waals surface area contributed by atoms with Gasteiger partial charge in [0.2, 0.25) is 5.91 Å². The van der Waals surface area contributed by atoms with Crippen LogP contribution in [0.2, 0.25) is 0 Å². The van der Waals surface area contributed by atoms with Gasteiger partial charge in [0, 0.05) is 37.4 Å². The first kappa shape index (κ1) is 24.1. The van der Waals surface area contributed by atoms with Crippen LogP contribution in [0.15, 0.2) is 48.5 Å². The summed E-state index contributed by atoms with van der Waals surface area (Å²) in [6.45, 7) is 3.12. The molecule has 1 atom stereocenters. The highest BCUT2D eigenvalue weighted by molar-refractivity contribution is 6.14. The molecule has 33 heavy (non-hydrogen) atoms. The topological polar surface area (TPSA) is 114 Å². The molecule has 0 spiro atoms. The van der Waals surface area contributed by atoms with Gasteiger partial charge < -0.3 is 25.4 Å². The summed E-state index contributed by atoms with van der Waals surface area (Å²) < 4.78 is 10.5. The van der Waals surface area contributed by atoms with Crippen molar-refractivity contribution >= 4 is 23.4 Å². The molecule has 0 saturated carbocycles. The van der Waals surface area contributed by atoms with E-state index in [1.165, 1.54) is 14.2 Å². The summed E-state index contributed by atoms with van der Waals surface area (Å²) in [5, 5.41) is 2.81. The molecule has 0 aromatic heterocycles. The van der Waals surface area contributed by atoms with Crippen LogP contribution in [0.5, 0.6) is 11.5 Å². The average Bonchev–Trinajstić information content (AvgIpc) is 2.84. The number of hydrogen-bond donors (Lipinski definition) is 2. The second-order valence-corrected chi connectivity index (χ2v) is 7.75. The molecule has 9 nitrogen and oxygen atoms in total. The third-order valence-electron chi connectivity index (χ3n) is 6.06. The molecule has 1 unspecified atom stereocenters. The zero-order valence-corrected chi connectivity index (χ0v) is 19.2. The van der Waals surface area contributed by atoms with E-state index in [9.17, 15) is 14.4 Å². The van der Waals surface area contributed by atoms with E-state index in [4.69, 9.17) is 15.2 Å². The van der Waals surface area contributed by atoms with Crippen LogP contribution in [-0.2, 0) is 9.59 Å². The molecule has 176 valence electrons. The number of carbonyl (C=O) groups excluding carboxylic acids is 3. The molecular weight excluding hydrogens is 424 g/mol. The van der Waals surface area contributed by atoms with Crippen molar-refractivity contribution in [3.63, 3.8) is 0 Å². The summed E-state index contributed by atoms with van der Waals surface area (Å²) in [4.78, 5) is 42.3. The van der Waals surface area contributed by atoms with Gasteiger partial charge in [-0.15, -0.1) is 0 Å². The smallest absolute Gasteiger partial charge is 0.254 e. The van der Waals surface area contributed by atoms with E-state index in [0.29, 0.717) is 48.9 Å². The Labute approximate surface area is 193 Å². The number of para-hydroxylation sites is 1. The Morgan fingerprint density at radius 1 is 0.970 bits per heavy atom. The number of amides is 3. The molecular formula is C24H30N4O5. The summed E-state index contributed by atoms with van der Waals surface area (Å²) >= 11 is 0. The predicted octanol–water partition coefficient (Wildman–Crippen LogP) is 1.73. The third-order valence-corrected chi connectivity index (χ3v) is 6.06. The maximum atomic E-state index is 13.2. The van der Waals surface area contributed by atoms with Gasteiger partial charge >= 0.3 is 0 Å². The number of rotatable bonds is 8. The lowest BCUT2D eigenvalue weighted by Gasteiger charge is -2.44. The number of nitrogens with two attached hydrogens (primary N) is 1. The van der Waals surface area contributed by atoms with Crippen molar-refractivity contribution in [2.75, 3.05) is 45.7 Å². The van der Waals surface area contributed by atoms with Crippen molar-refractivity contribution in [1.29, 1.82) is 0 Å². The third kappa shape index (κ3) is 4.78. The highest BCUT2D eigenvalue weighted by Gasteiger charge is 2.49. The number of piperazine rings is 1. The van der Waals surface area contributed by atoms with Gasteiger partial charge in [0.1, 0.15) is 0 Å². The Morgan fingerprint density at radius 2 is 1.61 bits per heavy atom. The van der Waals surface area contributed by atoms with Crippen LogP contribution in [0.25, 0.3) is 0 Å². The predicted molar refractivity (Wildman–Crippen MR) is 124 cm³/mol. The number of benzene rings is 2. The number of methoxy groups -OCH3 is 2. The molecule has 3 amide bonds. The van der Waals surface area contributed by atoms with E-state index < -0.39 is 17.4 Å². The van der Waals surface area contributed by atoms with Crippen LogP contribution in [0, 0.1) is 0 Å². The van der Waals surface area contributed by atoms with Crippen LogP contribution in [-0.4, -0.2) is 73.5 Å². The molecule has 1 saturated heterocycles. The lowest BCUT2D eigenvalue weighted by Crippen LogP contribution is -2.68. The maximum absolute atomic E-state index is 13.2. The van der Waals surface area contributed by atoms with Crippen molar-refractivity contribution in [1.82, 2.24) is 9.80 Å². The van der Waals surface area contributed by atoms with Crippen molar-refractivity contribution < 1.29 is 23.9 Å². The molecule has 0 aliphatic carbocycles. The molecule has 1 aliphatic heterocycles. The molecule has 1 heterocycles. The zero-order valence-electron chi connectivity index (χ0n) is 19.2. The summed E-state index contributed by atoms with van der Waals surface area (Å²) in [7, 11) is 3.05. The maximum Gasteiger partial charge on any atom is 0.254 e. The lowest BCUT2D eigenvalue weighted by molar-refractivity contribution is -0.143. The number of ether oxygens (including phenoxy) is 2. The number of primary amides is 1. The first-order valence-corrected chi connectivity index (χ1v) is 10.8. The molecule has 1 aliphatic rings. The first-order chi connectivity index (χ1) is 15.9. The molecule has 1 fully saturated rings. The van der Waals surface area contributed by atoms with Gasteiger partial charge in [-0.05, 0) is 36.8 Å². The molecule has 9 heteroatoms. The molecule has 2 aromatic rings. The standard InChI is InChI=1S/C24H30N4O5/c1-4-24(22(25)30,23(31)26-18-8-6-5-7-9-18)28-14-12-27(13-15-28)21(29)17-10-11-19(32-2)20(16-17)33-3/h5-11,16H,4,12-15H2,1-3H3,(H2,25,30)(H,26,31). The SMILES string of the molecule is CCC(C(N)=O)(C(=O)Nc1ccccc1)N1CCN(C(=O)c2ccc(OC)c(OC)c2)CC1. The van der Waals surface area contributed by atoms with Gasteiger partial charge in [0.15, 0.2) is 17.0 Å². The Hall–Kier alpha value is -3.59. The Bertz CT molecular complexity index is 1010. The minimum Gasteiger partial charge on any atom is -0.493 e. The van der Waals surface area contributed by atoms with Crippen molar-refractivity contribution in [2.24, 2.45) is 5.73 Å². The molecule has 3 rings (SSSR count). The van der Waals surface area contributed by atoms with Gasteiger partial charge in [-0.25, -0.2) is 0 Å². The van der Waals surface area contributed by atoms with E-state index >= 15 is 0 Å². The molecule has 3 N–H and O–H groups in total. The van der Waals surface area contributed by atoms with E-state index in [0.717, 1.165) is 0 Å². The van der Waals surface area contributed by atoms with Crippen LogP contribution in [0.1, 0.15) is 23.7 Å². The number of nitrogens with one attached hydrogen (secondary N) is 1. The van der Waals surface area contributed by atoms with Gasteiger partial charge in [0.25, 0.3) is 11.8 Å². The van der Waals surface area contributed by atoms with E-state index in [-0.39, 0.29) is 12.3 Å².